The van der Waals surface area contributed by atoms with E-state index in [0.29, 0.717) is 23.5 Å². The highest BCUT2D eigenvalue weighted by Crippen LogP contribution is 2.42. The summed E-state index contributed by atoms with van der Waals surface area (Å²) >= 11 is 5.10. The smallest absolute Gasteiger partial charge is 0.248 e. The maximum atomic E-state index is 13.6. The van der Waals surface area contributed by atoms with E-state index in [1.807, 2.05) is 42.5 Å². The molecule has 1 aliphatic carbocycles. The minimum atomic E-state index is -2.55. The maximum Gasteiger partial charge on any atom is 0.248 e. The topological polar surface area (TPSA) is 57.0 Å². The second kappa shape index (κ2) is 6.60. The van der Waals surface area contributed by atoms with E-state index in [4.69, 9.17) is 23.7 Å². The molecule has 0 radical (unpaired) electrons. The molecule has 2 aromatic carbocycles. The molecule has 0 unspecified atom stereocenters. The molecule has 1 saturated carbocycles. The zero-order valence-electron chi connectivity index (χ0n) is 14.8. The van der Waals surface area contributed by atoms with Gasteiger partial charge >= 0.3 is 0 Å². The second-order valence-corrected chi connectivity index (χ2v) is 7.70. The third-order valence-corrected chi connectivity index (χ3v) is 5.63. The van der Waals surface area contributed by atoms with Crippen LogP contribution < -0.4 is 11.5 Å². The number of halogens is 2. The van der Waals surface area contributed by atoms with Crippen molar-refractivity contribution in [3.63, 3.8) is 0 Å². The Morgan fingerprint density at radius 2 is 1.85 bits per heavy atom. The molecule has 1 aromatic heterocycles. The zero-order chi connectivity index (χ0) is 19.2. The lowest BCUT2D eigenvalue weighted by Crippen LogP contribution is -2.26. The van der Waals surface area contributed by atoms with Crippen molar-refractivity contribution in [1.29, 1.82) is 0 Å². The predicted octanol–water partition coefficient (Wildman–Crippen LogP) is 5.28. The second-order valence-electron chi connectivity index (χ2n) is 7.26. The lowest BCUT2D eigenvalue weighted by Gasteiger charge is -2.29. The lowest BCUT2D eigenvalue weighted by molar-refractivity contribution is -0.0435. The van der Waals surface area contributed by atoms with E-state index in [-0.39, 0.29) is 18.9 Å². The number of alkyl halides is 2. The summed E-state index contributed by atoms with van der Waals surface area (Å²) in [6.45, 7) is 0. The van der Waals surface area contributed by atoms with Crippen molar-refractivity contribution in [2.75, 3.05) is 5.73 Å². The largest absolute Gasteiger partial charge is 0.399 e. The van der Waals surface area contributed by atoms with Gasteiger partial charge in [0.05, 0.1) is 5.52 Å². The molecule has 27 heavy (non-hydrogen) atoms. The summed E-state index contributed by atoms with van der Waals surface area (Å²) in [5.74, 6) is -2.55. The average molecular weight is 385 g/mol. The Morgan fingerprint density at radius 3 is 2.56 bits per heavy atom. The third-order valence-electron chi connectivity index (χ3n) is 5.40. The number of benzene rings is 2. The Kier molecular flexibility index (Phi) is 4.38. The van der Waals surface area contributed by atoms with E-state index < -0.39 is 5.92 Å². The molecule has 4 N–H and O–H groups in total. The van der Waals surface area contributed by atoms with Crippen molar-refractivity contribution in [3.8, 4) is 11.1 Å². The van der Waals surface area contributed by atoms with E-state index in [1.165, 1.54) is 0 Å². The molecule has 0 aliphatic heterocycles. The SMILES string of the molecule is NC(=S)c1cccc(-c2cn(C3CCC(F)(F)CC3)c3cc(N)ccc23)c1. The van der Waals surface area contributed by atoms with E-state index in [2.05, 4.69) is 10.8 Å². The van der Waals surface area contributed by atoms with E-state index in [1.54, 1.807) is 0 Å². The maximum absolute atomic E-state index is 13.6. The molecule has 0 bridgehead atoms. The van der Waals surface area contributed by atoms with Gasteiger partial charge in [-0.3, -0.25) is 0 Å². The molecule has 3 nitrogen and oxygen atoms in total. The number of thiocarbonyl (C=S) groups is 1. The van der Waals surface area contributed by atoms with E-state index in [0.717, 1.165) is 27.6 Å². The van der Waals surface area contributed by atoms with Crippen molar-refractivity contribution in [1.82, 2.24) is 4.57 Å². The fraction of sp³-hybridized carbons (Fsp3) is 0.286. The number of rotatable bonds is 3. The Bertz CT molecular complexity index is 1020. The normalized spacial score (nSPS) is 17.3. The first-order chi connectivity index (χ1) is 12.8. The van der Waals surface area contributed by atoms with Crippen LogP contribution in [0.4, 0.5) is 14.5 Å². The molecular formula is C21H21F2N3S. The van der Waals surface area contributed by atoms with Crippen LogP contribution in [0.15, 0.2) is 48.7 Å². The van der Waals surface area contributed by atoms with Gasteiger partial charge in [-0.2, -0.15) is 0 Å². The van der Waals surface area contributed by atoms with Crippen LogP contribution >= 0.6 is 12.2 Å². The van der Waals surface area contributed by atoms with Gasteiger partial charge in [-0.15, -0.1) is 0 Å². The molecule has 0 amide bonds. The highest BCUT2D eigenvalue weighted by Gasteiger charge is 2.36. The fourth-order valence-electron chi connectivity index (χ4n) is 3.94. The van der Waals surface area contributed by atoms with Gasteiger partial charge in [-0.1, -0.05) is 36.5 Å². The molecule has 6 heteroatoms. The summed E-state index contributed by atoms with van der Waals surface area (Å²) in [7, 11) is 0. The first-order valence-electron chi connectivity index (χ1n) is 9.02. The summed E-state index contributed by atoms with van der Waals surface area (Å²) in [4.78, 5) is 0.347. The molecule has 1 fully saturated rings. The quantitative estimate of drug-likeness (QED) is 0.477. The fourth-order valence-corrected chi connectivity index (χ4v) is 4.07. The number of nitrogen functional groups attached to an aromatic ring is 1. The van der Waals surface area contributed by atoms with Crippen LogP contribution in [0.25, 0.3) is 22.0 Å². The summed E-state index contributed by atoms with van der Waals surface area (Å²) in [6.07, 6.45) is 2.81. The summed E-state index contributed by atoms with van der Waals surface area (Å²) in [5.41, 5.74) is 16.2. The molecule has 1 heterocycles. The van der Waals surface area contributed by atoms with Gasteiger partial charge in [0.25, 0.3) is 0 Å². The minimum Gasteiger partial charge on any atom is -0.399 e. The first-order valence-corrected chi connectivity index (χ1v) is 9.43. The summed E-state index contributed by atoms with van der Waals surface area (Å²) < 4.78 is 29.3. The molecule has 140 valence electrons. The molecular weight excluding hydrogens is 364 g/mol. The Morgan fingerprint density at radius 1 is 1.11 bits per heavy atom. The van der Waals surface area contributed by atoms with Crippen LogP contribution in [0.2, 0.25) is 0 Å². The van der Waals surface area contributed by atoms with Crippen molar-refractivity contribution in [2.24, 2.45) is 5.73 Å². The molecule has 0 atom stereocenters. The predicted molar refractivity (Wildman–Crippen MR) is 110 cm³/mol. The first kappa shape index (κ1) is 17.9. The third kappa shape index (κ3) is 3.41. The molecule has 0 spiro atoms. The number of fused-ring (bicyclic) bond motifs is 1. The zero-order valence-corrected chi connectivity index (χ0v) is 15.6. The number of hydrogen-bond donors (Lipinski definition) is 2. The number of anilines is 1. The van der Waals surface area contributed by atoms with Gasteiger partial charge < -0.3 is 16.0 Å². The van der Waals surface area contributed by atoms with Crippen molar-refractivity contribution in [3.05, 3.63) is 54.2 Å². The molecule has 0 saturated heterocycles. The van der Waals surface area contributed by atoms with Gasteiger partial charge in [0, 0.05) is 47.3 Å². The Balaban J connectivity index is 1.83. The lowest BCUT2D eigenvalue weighted by atomic mass is 9.92. The van der Waals surface area contributed by atoms with Crippen LogP contribution in [0.3, 0.4) is 0 Å². The highest BCUT2D eigenvalue weighted by molar-refractivity contribution is 7.80. The standard InChI is InChI=1S/C21H21F2N3S/c22-21(23)8-6-16(7-9-21)26-12-18(17-5-4-15(24)11-19(17)26)13-2-1-3-14(10-13)20(25)27/h1-5,10-12,16H,6-9,24H2,(H2,25,27). The summed E-state index contributed by atoms with van der Waals surface area (Å²) in [6, 6.07) is 13.6. The van der Waals surface area contributed by atoms with Gasteiger partial charge in [0.1, 0.15) is 4.99 Å². The highest BCUT2D eigenvalue weighted by atomic mass is 32.1. The van der Waals surface area contributed by atoms with Crippen molar-refractivity contribution >= 4 is 33.8 Å². The molecule has 3 aromatic rings. The Hall–Kier alpha value is -2.47. The minimum absolute atomic E-state index is 0.0430. The molecule has 1 aliphatic rings. The molecule has 4 rings (SSSR count). The Labute approximate surface area is 162 Å². The number of nitrogens with two attached hydrogens (primary N) is 2. The van der Waals surface area contributed by atoms with Crippen LogP contribution in [-0.2, 0) is 0 Å². The number of aromatic nitrogens is 1. The van der Waals surface area contributed by atoms with Crippen LogP contribution in [-0.4, -0.2) is 15.5 Å². The van der Waals surface area contributed by atoms with Crippen LogP contribution in [0, 0.1) is 0 Å². The summed E-state index contributed by atoms with van der Waals surface area (Å²) in [5, 5.41) is 1.04. The van der Waals surface area contributed by atoms with Gasteiger partial charge in [0.15, 0.2) is 0 Å². The van der Waals surface area contributed by atoms with Crippen LogP contribution in [0.1, 0.15) is 37.3 Å². The van der Waals surface area contributed by atoms with Crippen molar-refractivity contribution < 1.29 is 8.78 Å². The van der Waals surface area contributed by atoms with Crippen molar-refractivity contribution in [2.45, 2.75) is 37.6 Å². The van der Waals surface area contributed by atoms with Gasteiger partial charge in [-0.25, -0.2) is 8.78 Å². The van der Waals surface area contributed by atoms with Gasteiger partial charge in [-0.05, 0) is 36.6 Å². The van der Waals surface area contributed by atoms with Gasteiger partial charge in [0.2, 0.25) is 5.92 Å². The van der Waals surface area contributed by atoms with E-state index >= 15 is 0 Å². The van der Waals surface area contributed by atoms with E-state index in [9.17, 15) is 8.78 Å². The monoisotopic (exact) mass is 385 g/mol. The average Bonchev–Trinajstić information content (AvgIpc) is 3.00. The van der Waals surface area contributed by atoms with Crippen LogP contribution in [0.5, 0.6) is 0 Å². The number of hydrogen-bond acceptors (Lipinski definition) is 2. The number of nitrogens with zero attached hydrogens (tertiary/aromatic N) is 1.